The molecule has 1 unspecified atom stereocenters. The van der Waals surface area contributed by atoms with Crippen LogP contribution in [0.2, 0.25) is 0 Å². The van der Waals surface area contributed by atoms with Gasteiger partial charge in [-0.05, 0) is 54.0 Å². The molecule has 194 valence electrons. The monoisotopic (exact) mass is 493 g/mol. The summed E-state index contributed by atoms with van der Waals surface area (Å²) < 4.78 is 11.2. The molecule has 0 spiro atoms. The van der Waals surface area contributed by atoms with E-state index in [2.05, 4.69) is 34.6 Å². The van der Waals surface area contributed by atoms with Crippen LogP contribution in [0, 0.1) is 0 Å². The summed E-state index contributed by atoms with van der Waals surface area (Å²) in [5, 5.41) is 11.6. The van der Waals surface area contributed by atoms with Crippen molar-refractivity contribution in [3.05, 3.63) is 70.3 Å². The number of Topliss-reactive ketones (excluding diaryl/α,β-unsaturated/α-hetero) is 1. The summed E-state index contributed by atoms with van der Waals surface area (Å²) in [6, 6.07) is 12.7. The normalized spacial score (nSPS) is 17.9. The van der Waals surface area contributed by atoms with E-state index in [1.54, 1.807) is 6.07 Å². The summed E-state index contributed by atoms with van der Waals surface area (Å²) in [5.74, 6) is -0.814. The molecule has 1 heterocycles. The molecule has 1 fully saturated rings. The standard InChI is InChI=1S/C30H39NO5/c1-18(2)20-9-11-21(12-10-20)26-25(28(33)29(34)31(26)15-16-36-19(3)4)27(32)23-17-22(30(5,6)7)13-14-24(23)35-8/h9-14,17-19,26,32H,15-16H2,1-8H3/b27-25+. The van der Waals surface area contributed by atoms with Crippen LogP contribution in [0.15, 0.2) is 48.0 Å². The topological polar surface area (TPSA) is 76.1 Å². The Morgan fingerprint density at radius 1 is 1.03 bits per heavy atom. The third-order valence-electron chi connectivity index (χ3n) is 6.56. The van der Waals surface area contributed by atoms with Crippen molar-refractivity contribution in [3.63, 3.8) is 0 Å². The predicted molar refractivity (Wildman–Crippen MR) is 142 cm³/mol. The van der Waals surface area contributed by atoms with Gasteiger partial charge >= 0.3 is 0 Å². The van der Waals surface area contributed by atoms with E-state index in [4.69, 9.17) is 9.47 Å². The number of aliphatic hydroxyl groups is 1. The van der Waals surface area contributed by atoms with Crippen molar-refractivity contribution in [2.24, 2.45) is 0 Å². The van der Waals surface area contributed by atoms with E-state index in [9.17, 15) is 14.7 Å². The number of rotatable bonds is 8. The predicted octanol–water partition coefficient (Wildman–Crippen LogP) is 5.96. The van der Waals surface area contributed by atoms with Crippen LogP contribution < -0.4 is 4.74 Å². The van der Waals surface area contributed by atoms with Crippen molar-refractivity contribution < 1.29 is 24.2 Å². The first-order chi connectivity index (χ1) is 16.9. The van der Waals surface area contributed by atoms with Crippen LogP contribution in [-0.2, 0) is 19.7 Å². The second kappa shape index (κ2) is 10.9. The molecule has 6 nitrogen and oxygen atoms in total. The highest BCUT2D eigenvalue weighted by Crippen LogP contribution is 2.42. The molecule has 1 saturated heterocycles. The number of ketones is 1. The van der Waals surface area contributed by atoms with Crippen molar-refractivity contribution in [3.8, 4) is 5.75 Å². The minimum absolute atomic E-state index is 0.00463. The molecule has 6 heteroatoms. The maximum atomic E-state index is 13.4. The molecule has 2 aromatic carbocycles. The van der Waals surface area contributed by atoms with Crippen LogP contribution in [0.4, 0.5) is 0 Å². The zero-order valence-electron chi connectivity index (χ0n) is 22.7. The number of methoxy groups -OCH3 is 1. The lowest BCUT2D eigenvalue weighted by molar-refractivity contribution is -0.140. The summed E-state index contributed by atoms with van der Waals surface area (Å²) in [7, 11) is 1.52. The second-order valence-corrected chi connectivity index (χ2v) is 10.9. The minimum Gasteiger partial charge on any atom is -0.507 e. The molecular formula is C30H39NO5. The Morgan fingerprint density at radius 3 is 2.19 bits per heavy atom. The molecule has 1 N–H and O–H groups in total. The van der Waals surface area contributed by atoms with Gasteiger partial charge in [0.1, 0.15) is 11.5 Å². The van der Waals surface area contributed by atoms with Gasteiger partial charge in [0.15, 0.2) is 0 Å². The highest BCUT2D eigenvalue weighted by molar-refractivity contribution is 6.46. The number of ether oxygens (including phenoxy) is 2. The Labute approximate surface area is 214 Å². The third kappa shape index (κ3) is 5.65. The molecule has 1 aliphatic heterocycles. The van der Waals surface area contributed by atoms with Crippen molar-refractivity contribution in [2.45, 2.75) is 71.9 Å². The first-order valence-electron chi connectivity index (χ1n) is 12.6. The van der Waals surface area contributed by atoms with Crippen molar-refractivity contribution >= 4 is 17.4 Å². The molecular weight excluding hydrogens is 454 g/mol. The minimum atomic E-state index is -0.732. The van der Waals surface area contributed by atoms with Crippen molar-refractivity contribution in [1.29, 1.82) is 0 Å². The summed E-state index contributed by atoms with van der Waals surface area (Å²) in [4.78, 5) is 28.1. The fraction of sp³-hybridized carbons (Fsp3) is 0.467. The van der Waals surface area contributed by atoms with Crippen LogP contribution in [0.25, 0.3) is 5.76 Å². The van der Waals surface area contributed by atoms with Crippen LogP contribution in [0.1, 0.15) is 82.7 Å². The van der Waals surface area contributed by atoms with Gasteiger partial charge in [-0.1, -0.05) is 65.0 Å². The van der Waals surface area contributed by atoms with E-state index in [0.29, 0.717) is 17.2 Å². The van der Waals surface area contributed by atoms with Gasteiger partial charge in [0.2, 0.25) is 0 Å². The molecule has 1 amide bonds. The van der Waals surface area contributed by atoms with E-state index < -0.39 is 17.7 Å². The lowest BCUT2D eigenvalue weighted by Crippen LogP contribution is -2.33. The van der Waals surface area contributed by atoms with Gasteiger partial charge in [0.25, 0.3) is 11.7 Å². The summed E-state index contributed by atoms with van der Waals surface area (Å²) >= 11 is 0. The Bertz CT molecular complexity index is 1140. The lowest BCUT2D eigenvalue weighted by atomic mass is 9.85. The van der Waals surface area contributed by atoms with E-state index in [-0.39, 0.29) is 36.0 Å². The number of nitrogens with zero attached hydrogens (tertiary/aromatic N) is 1. The van der Waals surface area contributed by atoms with Crippen molar-refractivity contribution in [2.75, 3.05) is 20.3 Å². The zero-order valence-corrected chi connectivity index (χ0v) is 22.7. The van der Waals surface area contributed by atoms with Gasteiger partial charge in [0.05, 0.1) is 37.0 Å². The van der Waals surface area contributed by atoms with E-state index in [1.165, 1.54) is 12.0 Å². The zero-order chi connectivity index (χ0) is 26.8. The fourth-order valence-electron chi connectivity index (χ4n) is 4.41. The summed E-state index contributed by atoms with van der Waals surface area (Å²) in [6.45, 7) is 14.8. The van der Waals surface area contributed by atoms with Gasteiger partial charge in [-0.15, -0.1) is 0 Å². The quantitative estimate of drug-likeness (QED) is 0.279. The average molecular weight is 494 g/mol. The van der Waals surface area contributed by atoms with Gasteiger partial charge in [0, 0.05) is 6.54 Å². The van der Waals surface area contributed by atoms with Crippen LogP contribution in [0.3, 0.4) is 0 Å². The first kappa shape index (κ1) is 27.5. The van der Waals surface area contributed by atoms with Gasteiger partial charge in [-0.3, -0.25) is 9.59 Å². The van der Waals surface area contributed by atoms with E-state index in [1.807, 2.05) is 50.2 Å². The third-order valence-corrected chi connectivity index (χ3v) is 6.56. The molecule has 0 aromatic heterocycles. The number of aliphatic hydroxyl groups excluding tert-OH is 1. The maximum absolute atomic E-state index is 13.4. The molecule has 0 aliphatic carbocycles. The number of carbonyl (C=O) groups is 2. The number of hydrogen-bond acceptors (Lipinski definition) is 5. The second-order valence-electron chi connectivity index (χ2n) is 10.9. The molecule has 1 aliphatic rings. The number of likely N-dealkylation sites (tertiary alicyclic amines) is 1. The van der Waals surface area contributed by atoms with E-state index >= 15 is 0 Å². The first-order valence-corrected chi connectivity index (χ1v) is 12.6. The molecule has 0 saturated carbocycles. The lowest BCUT2D eigenvalue weighted by Gasteiger charge is -2.26. The number of benzene rings is 2. The Kier molecular flexibility index (Phi) is 8.29. The highest BCUT2D eigenvalue weighted by Gasteiger charge is 2.46. The van der Waals surface area contributed by atoms with Gasteiger partial charge < -0.3 is 19.5 Å². The summed E-state index contributed by atoms with van der Waals surface area (Å²) in [6.07, 6.45) is -0.00463. The molecule has 2 aromatic rings. The van der Waals surface area contributed by atoms with Gasteiger partial charge in [-0.2, -0.15) is 0 Å². The van der Waals surface area contributed by atoms with Crippen LogP contribution in [-0.4, -0.2) is 48.1 Å². The molecule has 1 atom stereocenters. The SMILES string of the molecule is COc1ccc(C(C)(C)C)cc1/C(O)=C1\C(=O)C(=O)N(CCOC(C)C)C1c1ccc(C(C)C)cc1. The Hall–Kier alpha value is -3.12. The smallest absolute Gasteiger partial charge is 0.295 e. The fourth-order valence-corrected chi connectivity index (χ4v) is 4.41. The van der Waals surface area contributed by atoms with E-state index in [0.717, 1.165) is 16.7 Å². The molecule has 3 rings (SSSR count). The number of hydrogen-bond donors (Lipinski definition) is 1. The van der Waals surface area contributed by atoms with Crippen molar-refractivity contribution in [1.82, 2.24) is 4.90 Å². The molecule has 0 bridgehead atoms. The Balaban J connectivity index is 2.20. The highest BCUT2D eigenvalue weighted by atomic mass is 16.5. The summed E-state index contributed by atoms with van der Waals surface area (Å²) in [5.41, 5.74) is 3.15. The van der Waals surface area contributed by atoms with Crippen LogP contribution >= 0.6 is 0 Å². The average Bonchev–Trinajstić information content (AvgIpc) is 3.07. The number of carbonyl (C=O) groups excluding carboxylic acids is 2. The van der Waals surface area contributed by atoms with Crippen LogP contribution in [0.5, 0.6) is 5.75 Å². The largest absolute Gasteiger partial charge is 0.507 e. The van der Waals surface area contributed by atoms with Gasteiger partial charge in [-0.25, -0.2) is 0 Å². The molecule has 0 radical (unpaired) electrons. The molecule has 36 heavy (non-hydrogen) atoms. The Morgan fingerprint density at radius 2 is 1.67 bits per heavy atom. The number of amides is 1. The maximum Gasteiger partial charge on any atom is 0.295 e.